The fourth-order valence-electron chi connectivity index (χ4n) is 2.44. The van der Waals surface area contributed by atoms with Gasteiger partial charge in [0.25, 0.3) is 0 Å². The van der Waals surface area contributed by atoms with Crippen molar-refractivity contribution in [2.45, 2.75) is 39.3 Å². The van der Waals surface area contributed by atoms with Crippen molar-refractivity contribution in [3.63, 3.8) is 0 Å². The lowest BCUT2D eigenvalue weighted by Gasteiger charge is -2.14. The first-order valence-corrected chi connectivity index (χ1v) is 6.34. The number of hydrogen-bond donors (Lipinski definition) is 1. The maximum Gasteiger partial charge on any atom is 0.241 e. The molecule has 2 heterocycles. The predicted octanol–water partition coefficient (Wildman–Crippen LogP) is 1.78. The molecule has 18 heavy (non-hydrogen) atoms. The summed E-state index contributed by atoms with van der Waals surface area (Å²) in [5.74, 6) is -0.418. The Bertz CT molecular complexity index is 468. The Morgan fingerprint density at radius 2 is 2.39 bits per heavy atom. The number of amides is 1. The summed E-state index contributed by atoms with van der Waals surface area (Å²) in [6, 6.07) is 2.07. The smallest absolute Gasteiger partial charge is 0.241 e. The normalized spacial score (nSPS) is 19.8. The van der Waals surface area contributed by atoms with Gasteiger partial charge in [-0.25, -0.2) is 0 Å². The second-order valence-corrected chi connectivity index (χ2v) is 4.81. The standard InChI is InChI=1S/C14H20N2O2/c1-10-8-12(5-6-14(15)17)11(2)16(10)9-13-4-3-7-18-13/h5-6,8,13H,3-4,7,9H2,1-2H3,(H2,15,17)/b6-5-. The van der Waals surface area contributed by atoms with Gasteiger partial charge in [0.05, 0.1) is 6.10 Å². The number of nitrogens with zero attached hydrogens (tertiary/aromatic N) is 1. The van der Waals surface area contributed by atoms with Crippen LogP contribution in [0.5, 0.6) is 0 Å². The summed E-state index contributed by atoms with van der Waals surface area (Å²) in [6.07, 6.45) is 5.78. The zero-order valence-electron chi connectivity index (χ0n) is 11.0. The van der Waals surface area contributed by atoms with E-state index in [4.69, 9.17) is 10.5 Å². The van der Waals surface area contributed by atoms with Crippen molar-refractivity contribution in [2.24, 2.45) is 5.73 Å². The van der Waals surface area contributed by atoms with Crippen LogP contribution in [0.3, 0.4) is 0 Å². The highest BCUT2D eigenvalue weighted by molar-refractivity contribution is 5.90. The molecule has 2 rings (SSSR count). The Hall–Kier alpha value is -1.55. The number of hydrogen-bond acceptors (Lipinski definition) is 2. The zero-order chi connectivity index (χ0) is 13.1. The average Bonchev–Trinajstić information content (AvgIpc) is 2.90. The summed E-state index contributed by atoms with van der Waals surface area (Å²) >= 11 is 0. The summed E-state index contributed by atoms with van der Waals surface area (Å²) in [5, 5.41) is 0. The van der Waals surface area contributed by atoms with Crippen LogP contribution in [0.25, 0.3) is 6.08 Å². The molecule has 0 aromatic carbocycles. The molecule has 2 N–H and O–H groups in total. The van der Waals surface area contributed by atoms with Gasteiger partial charge in [0.1, 0.15) is 0 Å². The third-order valence-corrected chi connectivity index (χ3v) is 3.45. The topological polar surface area (TPSA) is 57.2 Å². The first-order chi connectivity index (χ1) is 8.58. The van der Waals surface area contributed by atoms with Gasteiger partial charge in [0.2, 0.25) is 5.91 Å². The van der Waals surface area contributed by atoms with Crippen LogP contribution in [0.4, 0.5) is 0 Å². The van der Waals surface area contributed by atoms with E-state index in [9.17, 15) is 4.79 Å². The van der Waals surface area contributed by atoms with Gasteiger partial charge in [0, 0.05) is 30.6 Å². The average molecular weight is 248 g/mol. The minimum atomic E-state index is -0.418. The summed E-state index contributed by atoms with van der Waals surface area (Å²) in [4.78, 5) is 10.8. The Labute approximate surface area is 107 Å². The highest BCUT2D eigenvalue weighted by Crippen LogP contribution is 2.20. The van der Waals surface area contributed by atoms with Gasteiger partial charge in [-0.2, -0.15) is 0 Å². The highest BCUT2D eigenvalue weighted by atomic mass is 16.5. The molecule has 1 aromatic heterocycles. The van der Waals surface area contributed by atoms with Crippen LogP contribution >= 0.6 is 0 Å². The Morgan fingerprint density at radius 1 is 1.61 bits per heavy atom. The molecule has 0 saturated carbocycles. The van der Waals surface area contributed by atoms with Gasteiger partial charge in [-0.1, -0.05) is 0 Å². The third kappa shape index (κ3) is 2.82. The van der Waals surface area contributed by atoms with Gasteiger partial charge in [0.15, 0.2) is 0 Å². The van der Waals surface area contributed by atoms with E-state index in [2.05, 4.69) is 24.5 Å². The van der Waals surface area contributed by atoms with Crippen LogP contribution in [0, 0.1) is 13.8 Å². The van der Waals surface area contributed by atoms with E-state index in [0.29, 0.717) is 6.10 Å². The summed E-state index contributed by atoms with van der Waals surface area (Å²) in [5.41, 5.74) is 8.50. The molecule has 1 aromatic rings. The predicted molar refractivity (Wildman–Crippen MR) is 71.1 cm³/mol. The van der Waals surface area contributed by atoms with E-state index >= 15 is 0 Å². The molecule has 1 amide bonds. The second-order valence-electron chi connectivity index (χ2n) is 4.81. The quantitative estimate of drug-likeness (QED) is 0.826. The molecule has 4 heteroatoms. The molecule has 0 aliphatic carbocycles. The van der Waals surface area contributed by atoms with Gasteiger partial charge in [-0.3, -0.25) is 4.79 Å². The van der Waals surface area contributed by atoms with E-state index < -0.39 is 5.91 Å². The molecule has 4 nitrogen and oxygen atoms in total. The SMILES string of the molecule is Cc1cc(/C=C\C(N)=O)c(C)n1CC1CCCO1. The van der Waals surface area contributed by atoms with Crippen molar-refractivity contribution in [3.8, 4) is 0 Å². The largest absolute Gasteiger partial charge is 0.376 e. The fourth-order valence-corrected chi connectivity index (χ4v) is 2.44. The number of carbonyl (C=O) groups is 1. The van der Waals surface area contributed by atoms with E-state index in [1.165, 1.54) is 11.8 Å². The number of ether oxygens (including phenoxy) is 1. The van der Waals surface area contributed by atoms with Crippen LogP contribution in [-0.4, -0.2) is 23.2 Å². The molecule has 0 spiro atoms. The lowest BCUT2D eigenvalue weighted by Crippen LogP contribution is -2.16. The molecule has 1 saturated heterocycles. The van der Waals surface area contributed by atoms with Gasteiger partial charge >= 0.3 is 0 Å². The van der Waals surface area contributed by atoms with Crippen LogP contribution in [-0.2, 0) is 16.1 Å². The van der Waals surface area contributed by atoms with Crippen molar-refractivity contribution in [2.75, 3.05) is 6.61 Å². The van der Waals surface area contributed by atoms with Crippen molar-refractivity contribution in [1.29, 1.82) is 0 Å². The fraction of sp³-hybridized carbons (Fsp3) is 0.500. The number of nitrogens with two attached hydrogens (primary N) is 1. The lowest BCUT2D eigenvalue weighted by molar-refractivity contribution is -0.113. The number of rotatable bonds is 4. The number of carbonyl (C=O) groups excluding carboxylic acids is 1. The Morgan fingerprint density at radius 3 is 3.00 bits per heavy atom. The third-order valence-electron chi connectivity index (χ3n) is 3.45. The van der Waals surface area contributed by atoms with Crippen LogP contribution in [0.15, 0.2) is 12.1 Å². The van der Waals surface area contributed by atoms with Crippen molar-refractivity contribution in [3.05, 3.63) is 29.1 Å². The minimum absolute atomic E-state index is 0.322. The lowest BCUT2D eigenvalue weighted by atomic mass is 10.2. The first-order valence-electron chi connectivity index (χ1n) is 6.34. The zero-order valence-corrected chi connectivity index (χ0v) is 11.0. The summed E-state index contributed by atoms with van der Waals surface area (Å²) in [7, 11) is 0. The van der Waals surface area contributed by atoms with Crippen molar-refractivity contribution >= 4 is 12.0 Å². The first kappa shape index (κ1) is 12.9. The van der Waals surface area contributed by atoms with Gasteiger partial charge < -0.3 is 15.0 Å². The van der Waals surface area contributed by atoms with Crippen molar-refractivity contribution in [1.82, 2.24) is 4.57 Å². The van der Waals surface area contributed by atoms with Crippen LogP contribution < -0.4 is 5.73 Å². The highest BCUT2D eigenvalue weighted by Gasteiger charge is 2.18. The number of aromatic nitrogens is 1. The molecular formula is C14H20N2O2. The molecule has 1 fully saturated rings. The molecule has 0 radical (unpaired) electrons. The van der Waals surface area contributed by atoms with Crippen LogP contribution in [0.2, 0.25) is 0 Å². The Kier molecular flexibility index (Phi) is 3.87. The van der Waals surface area contributed by atoms with Gasteiger partial charge in [-0.05, 0) is 44.4 Å². The number of aryl methyl sites for hydroxylation is 1. The summed E-state index contributed by atoms with van der Waals surface area (Å²) < 4.78 is 7.91. The molecule has 1 atom stereocenters. The second kappa shape index (κ2) is 5.40. The van der Waals surface area contributed by atoms with Crippen LogP contribution in [0.1, 0.15) is 29.8 Å². The Balaban J connectivity index is 2.17. The molecular weight excluding hydrogens is 228 g/mol. The molecule has 0 bridgehead atoms. The summed E-state index contributed by atoms with van der Waals surface area (Å²) in [6.45, 7) is 5.90. The maximum absolute atomic E-state index is 10.8. The van der Waals surface area contributed by atoms with E-state index in [1.807, 2.05) is 0 Å². The van der Waals surface area contributed by atoms with Crippen molar-refractivity contribution < 1.29 is 9.53 Å². The molecule has 1 unspecified atom stereocenters. The van der Waals surface area contributed by atoms with Gasteiger partial charge in [-0.15, -0.1) is 0 Å². The molecule has 1 aliphatic heterocycles. The molecule has 98 valence electrons. The number of primary amides is 1. The minimum Gasteiger partial charge on any atom is -0.376 e. The van der Waals surface area contributed by atoms with E-state index in [0.717, 1.165) is 37.3 Å². The van der Waals surface area contributed by atoms with E-state index in [1.54, 1.807) is 6.08 Å². The molecule has 1 aliphatic rings. The van der Waals surface area contributed by atoms with E-state index in [-0.39, 0.29) is 0 Å². The monoisotopic (exact) mass is 248 g/mol. The maximum atomic E-state index is 10.8.